The molecular weight excluding hydrogens is 365 g/mol. The van der Waals surface area contributed by atoms with E-state index in [0.29, 0.717) is 24.0 Å². The molecule has 3 aromatic rings. The van der Waals surface area contributed by atoms with Gasteiger partial charge < -0.3 is 15.7 Å². The van der Waals surface area contributed by atoms with Gasteiger partial charge in [0.2, 0.25) is 0 Å². The Kier molecular flexibility index (Phi) is 4.48. The van der Waals surface area contributed by atoms with E-state index in [9.17, 15) is 19.1 Å². The minimum absolute atomic E-state index is 0.125. The second-order valence-corrected chi connectivity index (χ2v) is 6.22. The van der Waals surface area contributed by atoms with Gasteiger partial charge in [0.1, 0.15) is 17.2 Å². The van der Waals surface area contributed by atoms with Crippen molar-refractivity contribution in [2.45, 2.75) is 6.54 Å². The van der Waals surface area contributed by atoms with Crippen LogP contribution in [0.4, 0.5) is 15.0 Å². The number of rotatable bonds is 4. The molecule has 1 aliphatic rings. The van der Waals surface area contributed by atoms with E-state index in [-0.39, 0.29) is 41.2 Å². The highest BCUT2D eigenvalue weighted by atomic mass is 19.1. The zero-order valence-electron chi connectivity index (χ0n) is 14.6. The Labute approximate surface area is 159 Å². The van der Waals surface area contributed by atoms with E-state index in [1.807, 2.05) is 0 Å². The Bertz CT molecular complexity index is 1070. The van der Waals surface area contributed by atoms with Gasteiger partial charge in [0, 0.05) is 31.2 Å². The summed E-state index contributed by atoms with van der Waals surface area (Å²) < 4.78 is 13.0. The van der Waals surface area contributed by atoms with Gasteiger partial charge in [0.15, 0.2) is 11.4 Å². The van der Waals surface area contributed by atoms with Crippen molar-refractivity contribution in [3.63, 3.8) is 0 Å². The van der Waals surface area contributed by atoms with Gasteiger partial charge >= 0.3 is 6.03 Å². The number of hydrogen-bond donors (Lipinski definition) is 3. The largest absolute Gasteiger partial charge is 0.504 e. The van der Waals surface area contributed by atoms with Gasteiger partial charge in [-0.2, -0.15) is 0 Å². The highest BCUT2D eigenvalue weighted by molar-refractivity contribution is 6.07. The number of benzene rings is 1. The van der Waals surface area contributed by atoms with Gasteiger partial charge in [-0.3, -0.25) is 14.7 Å². The maximum atomic E-state index is 13.0. The fourth-order valence-electron chi connectivity index (χ4n) is 3.01. The van der Waals surface area contributed by atoms with E-state index in [1.54, 1.807) is 24.3 Å². The van der Waals surface area contributed by atoms with E-state index in [1.165, 1.54) is 23.2 Å². The number of carbonyl (C=O) groups is 2. The van der Waals surface area contributed by atoms with Crippen LogP contribution in [0.1, 0.15) is 16.1 Å². The molecular formula is C19H16FN5O3. The lowest BCUT2D eigenvalue weighted by Crippen LogP contribution is -2.30. The van der Waals surface area contributed by atoms with Crippen LogP contribution in [0.15, 0.2) is 42.6 Å². The highest BCUT2D eigenvalue weighted by Crippen LogP contribution is 2.33. The molecule has 2 aromatic heterocycles. The van der Waals surface area contributed by atoms with Crippen LogP contribution in [-0.2, 0) is 6.54 Å². The predicted molar refractivity (Wildman–Crippen MR) is 99.5 cm³/mol. The van der Waals surface area contributed by atoms with Crippen molar-refractivity contribution in [2.75, 3.05) is 18.0 Å². The lowest BCUT2D eigenvalue weighted by Gasteiger charge is -2.17. The lowest BCUT2D eigenvalue weighted by atomic mass is 10.1. The number of pyridine rings is 2. The maximum absolute atomic E-state index is 13.0. The average molecular weight is 381 g/mol. The first-order valence-electron chi connectivity index (χ1n) is 8.60. The van der Waals surface area contributed by atoms with Gasteiger partial charge in [0.25, 0.3) is 5.91 Å². The van der Waals surface area contributed by atoms with Gasteiger partial charge in [-0.05, 0) is 29.8 Å². The molecule has 0 saturated carbocycles. The number of aromatic hydroxyl groups is 1. The number of fused-ring (bicyclic) bond motifs is 1. The number of halogens is 1. The average Bonchev–Trinajstić information content (AvgIpc) is 3.13. The van der Waals surface area contributed by atoms with Crippen LogP contribution in [0, 0.1) is 5.82 Å². The minimum Gasteiger partial charge on any atom is -0.504 e. The summed E-state index contributed by atoms with van der Waals surface area (Å²) in [4.78, 5) is 34.5. The van der Waals surface area contributed by atoms with Crippen molar-refractivity contribution in [3.8, 4) is 5.75 Å². The molecule has 8 nitrogen and oxygen atoms in total. The summed E-state index contributed by atoms with van der Waals surface area (Å²) in [6.45, 7) is 0.965. The number of aromatic nitrogens is 2. The summed E-state index contributed by atoms with van der Waals surface area (Å²) in [7, 11) is 0. The van der Waals surface area contributed by atoms with Crippen LogP contribution in [0.3, 0.4) is 0 Å². The molecule has 3 heterocycles. The Balaban J connectivity index is 1.69. The van der Waals surface area contributed by atoms with Crippen molar-refractivity contribution in [1.29, 1.82) is 0 Å². The first-order valence-corrected chi connectivity index (χ1v) is 8.60. The zero-order valence-corrected chi connectivity index (χ0v) is 14.6. The summed E-state index contributed by atoms with van der Waals surface area (Å²) in [5, 5.41) is 16.3. The Hall–Kier alpha value is -3.75. The van der Waals surface area contributed by atoms with Crippen LogP contribution >= 0.6 is 0 Å². The van der Waals surface area contributed by atoms with Crippen molar-refractivity contribution in [1.82, 2.24) is 20.6 Å². The summed E-state index contributed by atoms with van der Waals surface area (Å²) in [6, 6.07) is 8.69. The Morgan fingerprint density at radius 2 is 2.07 bits per heavy atom. The van der Waals surface area contributed by atoms with Gasteiger partial charge in [-0.1, -0.05) is 12.1 Å². The van der Waals surface area contributed by atoms with E-state index < -0.39 is 5.91 Å². The summed E-state index contributed by atoms with van der Waals surface area (Å²) in [5.74, 6) is -1.11. The first kappa shape index (κ1) is 17.7. The van der Waals surface area contributed by atoms with Crippen LogP contribution in [0.25, 0.3) is 10.9 Å². The van der Waals surface area contributed by atoms with Gasteiger partial charge in [0.05, 0.1) is 0 Å². The quantitative estimate of drug-likeness (QED) is 0.640. The number of urea groups is 1. The topological polar surface area (TPSA) is 107 Å². The van der Waals surface area contributed by atoms with Crippen LogP contribution in [0.2, 0.25) is 0 Å². The number of anilines is 1. The predicted octanol–water partition coefficient (Wildman–Crippen LogP) is 1.93. The molecule has 0 aliphatic carbocycles. The van der Waals surface area contributed by atoms with Crippen molar-refractivity contribution >= 4 is 28.7 Å². The summed E-state index contributed by atoms with van der Waals surface area (Å²) in [5.41, 5.74) is 0.634. The molecule has 3 amide bonds. The van der Waals surface area contributed by atoms with Crippen LogP contribution in [-0.4, -0.2) is 40.1 Å². The summed E-state index contributed by atoms with van der Waals surface area (Å²) in [6.07, 6.45) is 1.48. The molecule has 1 aliphatic heterocycles. The first-order chi connectivity index (χ1) is 13.5. The maximum Gasteiger partial charge on any atom is 0.323 e. The highest BCUT2D eigenvalue weighted by Gasteiger charge is 2.28. The molecule has 0 spiro atoms. The van der Waals surface area contributed by atoms with Gasteiger partial charge in [-0.15, -0.1) is 0 Å². The Morgan fingerprint density at radius 3 is 2.79 bits per heavy atom. The molecule has 0 radical (unpaired) electrons. The fraction of sp³-hybridized carbons (Fsp3) is 0.158. The number of amides is 3. The monoisotopic (exact) mass is 381 g/mol. The van der Waals surface area contributed by atoms with Crippen LogP contribution < -0.4 is 15.5 Å². The second-order valence-electron chi connectivity index (χ2n) is 6.22. The third-order valence-electron chi connectivity index (χ3n) is 4.41. The molecule has 9 heteroatoms. The molecule has 3 N–H and O–H groups in total. The van der Waals surface area contributed by atoms with Gasteiger partial charge in [-0.25, -0.2) is 14.2 Å². The Morgan fingerprint density at radius 1 is 1.29 bits per heavy atom. The van der Waals surface area contributed by atoms with Crippen molar-refractivity contribution in [3.05, 3.63) is 59.7 Å². The van der Waals surface area contributed by atoms with Crippen molar-refractivity contribution < 1.29 is 19.1 Å². The second kappa shape index (κ2) is 7.10. The lowest BCUT2D eigenvalue weighted by molar-refractivity contribution is 0.0943. The zero-order chi connectivity index (χ0) is 19.7. The molecule has 0 unspecified atom stereocenters. The fourth-order valence-corrected chi connectivity index (χ4v) is 3.01. The van der Waals surface area contributed by atoms with E-state index in [2.05, 4.69) is 20.6 Å². The third kappa shape index (κ3) is 3.18. The molecule has 28 heavy (non-hydrogen) atoms. The number of hydrogen-bond acceptors (Lipinski definition) is 5. The molecule has 1 saturated heterocycles. The number of nitrogens with zero attached hydrogens (tertiary/aromatic N) is 3. The molecule has 0 bridgehead atoms. The smallest absolute Gasteiger partial charge is 0.323 e. The normalized spacial score (nSPS) is 13.6. The third-order valence-corrected chi connectivity index (χ3v) is 4.41. The molecule has 1 fully saturated rings. The standard InChI is InChI=1S/C19H16FN5O3/c20-12-5-3-11(4-6-12)10-23-18(27)15-16(26)14-13(2-1-7-21-14)17(24-15)25-9-8-22-19(25)28/h1-7,26H,8-10H2,(H,22,28)(H,23,27). The molecule has 142 valence electrons. The minimum atomic E-state index is -0.629. The SMILES string of the molecule is O=C(NCc1ccc(F)cc1)c1nc(N2CCNC2=O)c2cccnc2c1O. The van der Waals surface area contributed by atoms with Crippen molar-refractivity contribution in [2.24, 2.45) is 0 Å². The van der Waals surface area contributed by atoms with Crippen LogP contribution in [0.5, 0.6) is 5.75 Å². The van der Waals surface area contributed by atoms with E-state index in [4.69, 9.17) is 0 Å². The van der Waals surface area contributed by atoms with E-state index >= 15 is 0 Å². The molecule has 1 aromatic carbocycles. The number of carbonyl (C=O) groups excluding carboxylic acids is 2. The molecule has 4 rings (SSSR count). The number of nitrogens with one attached hydrogen (secondary N) is 2. The molecule has 0 atom stereocenters. The van der Waals surface area contributed by atoms with E-state index in [0.717, 1.165) is 0 Å². The summed E-state index contributed by atoms with van der Waals surface area (Å²) >= 11 is 0.